The summed E-state index contributed by atoms with van der Waals surface area (Å²) in [5, 5.41) is 0. The van der Waals surface area contributed by atoms with Crippen molar-refractivity contribution < 1.29 is 14.0 Å². The highest BCUT2D eigenvalue weighted by atomic mass is 19.1. The number of hydrogen-bond acceptors (Lipinski definition) is 3. The second kappa shape index (κ2) is 7.02. The first-order valence-electron chi connectivity index (χ1n) is 9.11. The van der Waals surface area contributed by atoms with Gasteiger partial charge in [-0.05, 0) is 38.8 Å². The second-order valence-corrected chi connectivity index (χ2v) is 6.79. The Morgan fingerprint density at radius 1 is 1.08 bits per heavy atom. The van der Waals surface area contributed by atoms with Crippen LogP contribution in [0.1, 0.15) is 26.7 Å². The van der Waals surface area contributed by atoms with Crippen LogP contribution in [-0.2, 0) is 9.59 Å². The third-order valence-electron chi connectivity index (χ3n) is 5.38. The van der Waals surface area contributed by atoms with Crippen LogP contribution >= 0.6 is 0 Å². The van der Waals surface area contributed by atoms with Crippen LogP contribution in [0.3, 0.4) is 0 Å². The van der Waals surface area contributed by atoms with Gasteiger partial charge in [0.2, 0.25) is 11.8 Å². The molecule has 2 aliphatic rings. The summed E-state index contributed by atoms with van der Waals surface area (Å²) in [6.45, 7) is 7.37. The SMILES string of the molecule is CCN(CC)C(=O)C1(C(=O)N2CCN(c3ccccc3F)CC2)CC1. The van der Waals surface area contributed by atoms with E-state index in [0.29, 0.717) is 57.8 Å². The molecule has 0 atom stereocenters. The normalized spacial score (nSPS) is 18.8. The fraction of sp³-hybridized carbons (Fsp3) is 0.579. The van der Waals surface area contributed by atoms with Crippen LogP contribution in [0.4, 0.5) is 10.1 Å². The number of hydrogen-bond donors (Lipinski definition) is 0. The van der Waals surface area contributed by atoms with Gasteiger partial charge in [-0.15, -0.1) is 0 Å². The van der Waals surface area contributed by atoms with Crippen LogP contribution in [0, 0.1) is 11.2 Å². The van der Waals surface area contributed by atoms with E-state index in [1.54, 1.807) is 21.9 Å². The largest absolute Gasteiger partial charge is 0.366 e. The number of halogens is 1. The first-order valence-corrected chi connectivity index (χ1v) is 9.11. The minimum absolute atomic E-state index is 0.0287. The molecule has 136 valence electrons. The summed E-state index contributed by atoms with van der Waals surface area (Å²) in [7, 11) is 0. The topological polar surface area (TPSA) is 43.9 Å². The van der Waals surface area contributed by atoms with Crippen LogP contribution in [0.5, 0.6) is 0 Å². The van der Waals surface area contributed by atoms with Crippen molar-refractivity contribution in [2.45, 2.75) is 26.7 Å². The summed E-state index contributed by atoms with van der Waals surface area (Å²) in [6.07, 6.45) is 1.30. The maximum absolute atomic E-state index is 13.9. The van der Waals surface area contributed by atoms with Crippen molar-refractivity contribution in [1.82, 2.24) is 9.80 Å². The molecule has 0 unspecified atom stereocenters. The van der Waals surface area contributed by atoms with Gasteiger partial charge in [0.05, 0.1) is 5.69 Å². The Bertz CT molecular complexity index is 648. The third kappa shape index (κ3) is 3.22. The fourth-order valence-corrected chi connectivity index (χ4v) is 3.62. The third-order valence-corrected chi connectivity index (χ3v) is 5.38. The van der Waals surface area contributed by atoms with Crippen LogP contribution < -0.4 is 4.90 Å². The van der Waals surface area contributed by atoms with Crippen LogP contribution in [0.25, 0.3) is 0 Å². The molecule has 5 nitrogen and oxygen atoms in total. The Morgan fingerprint density at radius 3 is 2.20 bits per heavy atom. The molecule has 2 fully saturated rings. The minimum Gasteiger partial charge on any atom is -0.366 e. The van der Waals surface area contributed by atoms with Crippen LogP contribution in [0.2, 0.25) is 0 Å². The maximum atomic E-state index is 13.9. The lowest BCUT2D eigenvalue weighted by molar-refractivity contribution is -0.149. The zero-order chi connectivity index (χ0) is 18.0. The van der Waals surface area contributed by atoms with E-state index in [9.17, 15) is 14.0 Å². The molecule has 0 radical (unpaired) electrons. The van der Waals surface area contributed by atoms with E-state index in [1.807, 2.05) is 24.8 Å². The number of rotatable bonds is 5. The zero-order valence-corrected chi connectivity index (χ0v) is 15.0. The minimum atomic E-state index is -0.827. The number of anilines is 1. The van der Waals surface area contributed by atoms with Gasteiger partial charge in [0.15, 0.2) is 0 Å². The molecule has 3 rings (SSSR count). The van der Waals surface area contributed by atoms with Crippen molar-refractivity contribution in [2.75, 3.05) is 44.2 Å². The first kappa shape index (κ1) is 17.7. The highest BCUT2D eigenvalue weighted by Crippen LogP contribution is 2.49. The van der Waals surface area contributed by atoms with Gasteiger partial charge in [0.25, 0.3) is 0 Å². The van der Waals surface area contributed by atoms with Crippen molar-refractivity contribution in [3.8, 4) is 0 Å². The Balaban J connectivity index is 1.64. The predicted octanol–water partition coefficient (Wildman–Crippen LogP) is 2.12. The molecule has 0 bridgehead atoms. The van der Waals surface area contributed by atoms with E-state index in [1.165, 1.54) is 6.07 Å². The fourth-order valence-electron chi connectivity index (χ4n) is 3.62. The van der Waals surface area contributed by atoms with E-state index in [2.05, 4.69) is 0 Å². The van der Waals surface area contributed by atoms with Gasteiger partial charge < -0.3 is 14.7 Å². The number of benzene rings is 1. The number of carbonyl (C=O) groups is 2. The van der Waals surface area contributed by atoms with Crippen molar-refractivity contribution in [3.63, 3.8) is 0 Å². The first-order chi connectivity index (χ1) is 12.0. The van der Waals surface area contributed by atoms with Crippen molar-refractivity contribution in [3.05, 3.63) is 30.1 Å². The van der Waals surface area contributed by atoms with Gasteiger partial charge in [0.1, 0.15) is 11.2 Å². The predicted molar refractivity (Wildman–Crippen MR) is 94.8 cm³/mol. The number of carbonyl (C=O) groups excluding carboxylic acids is 2. The highest BCUT2D eigenvalue weighted by Gasteiger charge is 2.59. The van der Waals surface area contributed by atoms with Crippen LogP contribution in [0.15, 0.2) is 24.3 Å². The molecule has 6 heteroatoms. The average Bonchev–Trinajstić information content (AvgIpc) is 3.44. The Labute approximate surface area is 148 Å². The molecule has 1 aliphatic carbocycles. The molecule has 0 spiro atoms. The van der Waals surface area contributed by atoms with Gasteiger partial charge in [-0.25, -0.2) is 4.39 Å². The molecule has 1 saturated carbocycles. The number of amides is 2. The average molecular weight is 347 g/mol. The summed E-state index contributed by atoms with van der Waals surface area (Å²) in [5.41, 5.74) is -0.249. The molecule has 0 N–H and O–H groups in total. The standard InChI is InChI=1S/C19H26FN3O2/c1-3-21(4-2)17(24)19(9-10-19)18(25)23-13-11-22(12-14-23)16-8-6-5-7-15(16)20/h5-8H,3-4,9-14H2,1-2H3. The summed E-state index contributed by atoms with van der Waals surface area (Å²) >= 11 is 0. The summed E-state index contributed by atoms with van der Waals surface area (Å²) in [4.78, 5) is 31.2. The van der Waals surface area contributed by atoms with Gasteiger partial charge in [-0.3, -0.25) is 9.59 Å². The Morgan fingerprint density at radius 2 is 1.68 bits per heavy atom. The van der Waals surface area contributed by atoms with E-state index >= 15 is 0 Å². The van der Waals surface area contributed by atoms with E-state index in [4.69, 9.17) is 0 Å². The van der Waals surface area contributed by atoms with Gasteiger partial charge in [0, 0.05) is 39.3 Å². The molecule has 1 aromatic rings. The molecule has 0 aromatic heterocycles. The molecule has 1 aliphatic heterocycles. The maximum Gasteiger partial charge on any atom is 0.238 e. The molecular weight excluding hydrogens is 321 g/mol. The quantitative estimate of drug-likeness (QED) is 0.767. The number of piperazine rings is 1. The highest BCUT2D eigenvalue weighted by molar-refractivity contribution is 6.07. The smallest absolute Gasteiger partial charge is 0.238 e. The Hall–Kier alpha value is -2.11. The summed E-state index contributed by atoms with van der Waals surface area (Å²) in [5.74, 6) is -0.311. The second-order valence-electron chi connectivity index (χ2n) is 6.79. The zero-order valence-electron chi connectivity index (χ0n) is 15.0. The van der Waals surface area contributed by atoms with Crippen molar-refractivity contribution in [1.29, 1.82) is 0 Å². The molecule has 1 aromatic carbocycles. The summed E-state index contributed by atoms with van der Waals surface area (Å²) < 4.78 is 13.9. The molecule has 1 heterocycles. The lowest BCUT2D eigenvalue weighted by Gasteiger charge is -2.38. The number of nitrogens with zero attached hydrogens (tertiary/aromatic N) is 3. The number of para-hydroxylation sites is 1. The molecule has 25 heavy (non-hydrogen) atoms. The van der Waals surface area contributed by atoms with E-state index in [0.717, 1.165) is 0 Å². The van der Waals surface area contributed by atoms with Crippen molar-refractivity contribution in [2.24, 2.45) is 5.41 Å². The van der Waals surface area contributed by atoms with Gasteiger partial charge >= 0.3 is 0 Å². The molecular formula is C19H26FN3O2. The van der Waals surface area contributed by atoms with E-state index < -0.39 is 5.41 Å². The van der Waals surface area contributed by atoms with Gasteiger partial charge in [-0.2, -0.15) is 0 Å². The van der Waals surface area contributed by atoms with Gasteiger partial charge in [-0.1, -0.05) is 12.1 Å². The monoisotopic (exact) mass is 347 g/mol. The lowest BCUT2D eigenvalue weighted by atomic mass is 10.0. The molecule has 1 saturated heterocycles. The van der Waals surface area contributed by atoms with E-state index in [-0.39, 0.29) is 17.6 Å². The lowest BCUT2D eigenvalue weighted by Crippen LogP contribution is -2.53. The van der Waals surface area contributed by atoms with Crippen molar-refractivity contribution >= 4 is 17.5 Å². The van der Waals surface area contributed by atoms with Crippen LogP contribution in [-0.4, -0.2) is 60.9 Å². The Kier molecular flexibility index (Phi) is 4.97. The summed E-state index contributed by atoms with van der Waals surface area (Å²) in [6, 6.07) is 6.71. The molecule has 2 amide bonds.